The molecule has 2 amide bonds. The molecular weight excluding hydrogens is 896 g/mol. The lowest BCUT2D eigenvalue weighted by molar-refractivity contribution is -0.940. The summed E-state index contributed by atoms with van der Waals surface area (Å²) in [6.45, 7) is 12.6. The molecule has 65 heavy (non-hydrogen) atoms. The van der Waals surface area contributed by atoms with Crippen molar-refractivity contribution in [2.24, 2.45) is 5.92 Å². The number of rotatable bonds is 18. The highest BCUT2D eigenvalue weighted by Gasteiger charge is 2.41. The Bertz CT molecular complexity index is 2410. The number of hydrogen-bond acceptors (Lipinski definition) is 14. The van der Waals surface area contributed by atoms with Crippen LogP contribution in [0.4, 0.5) is 5.69 Å². The average Bonchev–Trinajstić information content (AvgIpc) is 3.73. The molecule has 0 saturated carbocycles. The van der Waals surface area contributed by atoms with Crippen LogP contribution in [0, 0.1) is 11.8 Å². The molecule has 1 aliphatic carbocycles. The smallest absolute Gasteiger partial charge is 0.338 e. The van der Waals surface area contributed by atoms with Crippen molar-refractivity contribution in [3.8, 4) is 5.75 Å². The summed E-state index contributed by atoms with van der Waals surface area (Å²) in [4.78, 5) is 53.3. The minimum Gasteiger partial charge on any atom is -0.744 e. The predicted molar refractivity (Wildman–Crippen MR) is 245 cm³/mol. The zero-order chi connectivity index (χ0) is 47.4. The van der Waals surface area contributed by atoms with E-state index < -0.39 is 69.3 Å². The molecule has 0 spiro atoms. The van der Waals surface area contributed by atoms with E-state index in [4.69, 9.17) is 15.2 Å². The van der Waals surface area contributed by atoms with Crippen LogP contribution in [0.2, 0.25) is 0 Å². The van der Waals surface area contributed by atoms with Gasteiger partial charge in [-0.05, 0) is 82.8 Å². The molecule has 16 nitrogen and oxygen atoms in total. The number of fused-ring (bicyclic) bond motifs is 3. The standard InChI is InChI=1S/C38H35N3O12PS2.C8H19N/c1-50-37(44)25-13-12-22(20-30(25)54(23-8-4-2-5-9-23)24-10-6-3-7-11-24)36(43)41-19-18-40-32(42)21-31(55-53-52-46)26-14-15-28-33(26)27-16-17-29(39)35(56(47,48)49)34(27)51-38(28)45;1-6-9(7(2)3)8(4)5/h2-13,15-17,20,26,31,46H,14,18-19,21,39H2,1H3,(H,40,42)(H,41,43)(H,47,48,49);7-8H,6H2,1-5H3/q-1;/p-1. The number of hydrogen-bond donors (Lipinski definition) is 4. The summed E-state index contributed by atoms with van der Waals surface area (Å²) in [6.07, 6.45) is 1.43. The molecule has 0 aromatic heterocycles. The lowest BCUT2D eigenvalue weighted by atomic mass is 9.80. The summed E-state index contributed by atoms with van der Waals surface area (Å²) in [5.74, 6) is -3.36. The van der Waals surface area contributed by atoms with E-state index in [1.54, 1.807) is 17.0 Å². The van der Waals surface area contributed by atoms with E-state index in [0.717, 1.165) is 22.7 Å². The van der Waals surface area contributed by atoms with Crippen LogP contribution in [-0.2, 0) is 33.8 Å². The molecule has 0 fully saturated rings. The summed E-state index contributed by atoms with van der Waals surface area (Å²) >= 11 is 0.530. The fourth-order valence-electron chi connectivity index (χ4n) is 8.09. The van der Waals surface area contributed by atoms with Crippen LogP contribution in [0.15, 0.2) is 108 Å². The number of esters is 2. The molecule has 5 N–H and O–H groups in total. The Morgan fingerprint density at radius 1 is 0.954 bits per heavy atom. The number of methoxy groups -OCH3 is 1. The summed E-state index contributed by atoms with van der Waals surface area (Å²) in [7, 11) is -5.14. The summed E-state index contributed by atoms with van der Waals surface area (Å²) in [5.41, 5.74) is 6.18. The second kappa shape index (κ2) is 23.2. The van der Waals surface area contributed by atoms with Crippen molar-refractivity contribution in [2.45, 2.75) is 69.7 Å². The molecule has 0 saturated heterocycles. The molecule has 2 atom stereocenters. The molecule has 0 radical (unpaired) electrons. The van der Waals surface area contributed by atoms with E-state index in [2.05, 4.69) is 54.6 Å². The van der Waals surface area contributed by atoms with Gasteiger partial charge in [-0.15, -0.1) is 12.1 Å². The van der Waals surface area contributed by atoms with Crippen molar-refractivity contribution in [3.63, 3.8) is 0 Å². The maximum absolute atomic E-state index is 13.4. The number of carbonyl (C=O) groups excluding carboxylic acids is 4. The van der Waals surface area contributed by atoms with Crippen molar-refractivity contribution < 1.29 is 61.2 Å². The van der Waals surface area contributed by atoms with Crippen molar-refractivity contribution >= 4 is 75.4 Å². The van der Waals surface area contributed by atoms with Crippen LogP contribution in [0.25, 0.3) is 0 Å². The zero-order valence-electron chi connectivity index (χ0n) is 36.8. The van der Waals surface area contributed by atoms with Gasteiger partial charge < -0.3 is 40.6 Å². The molecule has 2 unspecified atom stereocenters. The minimum absolute atomic E-state index is 0.00138. The molecule has 4 aromatic carbocycles. The van der Waals surface area contributed by atoms with Crippen molar-refractivity contribution in [2.75, 3.05) is 32.5 Å². The van der Waals surface area contributed by atoms with Gasteiger partial charge in [0.1, 0.15) is 10.1 Å². The zero-order valence-corrected chi connectivity index (χ0v) is 39.3. The van der Waals surface area contributed by atoms with Gasteiger partial charge in [-0.1, -0.05) is 84.6 Å². The number of carbonyl (C=O) groups is 4. The van der Waals surface area contributed by atoms with E-state index in [-0.39, 0.29) is 48.5 Å². The third-order valence-electron chi connectivity index (χ3n) is 10.9. The van der Waals surface area contributed by atoms with Gasteiger partial charge >= 0.3 is 5.97 Å². The first-order chi connectivity index (χ1) is 31.0. The Balaban J connectivity index is 0.000000796. The Kier molecular flexibility index (Phi) is 18.1. The predicted octanol–water partition coefficient (Wildman–Crippen LogP) is 2.39. The molecule has 6 rings (SSSR count). The number of amides is 2. The minimum atomic E-state index is -5.16. The van der Waals surface area contributed by atoms with Crippen molar-refractivity contribution in [3.05, 3.63) is 125 Å². The third-order valence-corrected chi connectivity index (χ3v) is 15.2. The van der Waals surface area contributed by atoms with Crippen molar-refractivity contribution in [1.29, 1.82) is 0 Å². The number of nitrogens with one attached hydrogen (secondary N) is 3. The first-order valence-electron chi connectivity index (χ1n) is 20.9. The first-order valence-corrected chi connectivity index (χ1v) is 24.4. The van der Waals surface area contributed by atoms with E-state index in [1.807, 2.05) is 60.7 Å². The second-order valence-corrected chi connectivity index (χ2v) is 20.1. The number of nitrogen functional groups attached to an aromatic ring is 1. The van der Waals surface area contributed by atoms with Gasteiger partial charge in [0.2, 0.25) is 5.91 Å². The summed E-state index contributed by atoms with van der Waals surface area (Å²) in [6, 6.07) is 28.2. The van der Waals surface area contributed by atoms with Crippen LogP contribution in [0.5, 0.6) is 5.75 Å². The molecule has 19 heteroatoms. The number of benzene rings is 4. The van der Waals surface area contributed by atoms with Gasteiger partial charge in [-0.25, -0.2) is 13.2 Å². The number of quaternary nitrogens is 1. The third kappa shape index (κ3) is 12.5. The maximum atomic E-state index is 13.4. The second-order valence-electron chi connectivity index (χ2n) is 15.6. The Hall–Kier alpha value is -5.30. The molecule has 0 bridgehead atoms. The molecule has 348 valence electrons. The molecule has 2 aliphatic rings. The SMILES string of the molecule is CC[NH+](C(C)C)C(C)C.COC(=O)c1ccc(C(=O)NCCNC(=O)CC(SOO[O-])C2CC=C3C(=O)Oc4c(ccc(N)c4S(=O)(=O)[O-])[C-]32)cc1P(c1ccccc1)c1ccccc1. The molecule has 1 aliphatic heterocycles. The number of anilines is 1. The largest absolute Gasteiger partial charge is 0.744 e. The highest BCUT2D eigenvalue weighted by molar-refractivity contribution is 7.95. The fraction of sp³-hybridized carbons (Fsp3) is 0.326. The average molecular weight is 949 g/mol. The number of allylic oxidation sites excluding steroid dienone is 1. The molecule has 4 aromatic rings. The highest BCUT2D eigenvalue weighted by Crippen LogP contribution is 2.52. The van der Waals surface area contributed by atoms with Gasteiger partial charge in [-0.2, -0.15) is 4.33 Å². The van der Waals surface area contributed by atoms with Crippen LogP contribution in [0.3, 0.4) is 0 Å². The fourth-order valence-corrected chi connectivity index (χ4v) is 12.0. The number of ether oxygens (including phenoxy) is 2. The van der Waals surface area contributed by atoms with E-state index in [1.165, 1.54) is 37.9 Å². The molecular formula is C46H53N4O12PS2-2. The van der Waals surface area contributed by atoms with Gasteiger partial charge in [0.05, 0.1) is 41.9 Å². The van der Waals surface area contributed by atoms with Gasteiger partial charge in [0.25, 0.3) is 11.9 Å². The molecule has 1 heterocycles. The van der Waals surface area contributed by atoms with Gasteiger partial charge in [-0.3, -0.25) is 19.4 Å². The lowest BCUT2D eigenvalue weighted by Crippen LogP contribution is -3.17. The van der Waals surface area contributed by atoms with Gasteiger partial charge in [0, 0.05) is 53.4 Å². The summed E-state index contributed by atoms with van der Waals surface area (Å²) in [5, 5.41) is 21.5. The normalized spacial score (nSPS) is 14.8. The van der Waals surface area contributed by atoms with Crippen LogP contribution >= 0.6 is 20.0 Å². The van der Waals surface area contributed by atoms with Gasteiger partial charge in [0.15, 0.2) is 0 Å². The Morgan fingerprint density at radius 2 is 1.57 bits per heavy atom. The first kappa shape index (κ1) is 50.7. The van der Waals surface area contributed by atoms with E-state index >= 15 is 0 Å². The maximum Gasteiger partial charge on any atom is 0.338 e. The van der Waals surface area contributed by atoms with Crippen molar-refractivity contribution in [1.82, 2.24) is 10.6 Å². The highest BCUT2D eigenvalue weighted by atomic mass is 32.2. The Morgan fingerprint density at radius 3 is 2.11 bits per heavy atom. The summed E-state index contributed by atoms with van der Waals surface area (Å²) < 4.78 is 51.1. The van der Waals surface area contributed by atoms with E-state index in [9.17, 15) is 37.4 Å². The monoisotopic (exact) mass is 948 g/mol. The van der Waals surface area contributed by atoms with Crippen LogP contribution in [-0.4, -0.2) is 80.8 Å². The van der Waals surface area contributed by atoms with E-state index in [0.29, 0.717) is 22.9 Å². The van der Waals surface area contributed by atoms with Crippen LogP contribution in [0.1, 0.15) is 73.7 Å². The quantitative estimate of drug-likeness (QED) is 0.0107. The Labute approximate surface area is 384 Å². The lowest BCUT2D eigenvalue weighted by Gasteiger charge is -2.39. The number of nitrogens with two attached hydrogens (primary N) is 1. The topological polar surface area (TPSA) is 240 Å². The van der Waals surface area contributed by atoms with Crippen LogP contribution < -0.4 is 47.2 Å².